The Hall–Kier alpha value is -1.87. The van der Waals surface area contributed by atoms with Crippen molar-refractivity contribution in [3.8, 4) is 0 Å². The molecular weight excluding hydrogens is 308 g/mol. The minimum atomic E-state index is -0.969. The molecule has 0 bridgehead atoms. The lowest BCUT2D eigenvalue weighted by Crippen LogP contribution is -1.91. The van der Waals surface area contributed by atoms with Gasteiger partial charge < -0.3 is 0 Å². The number of thiophene rings is 1. The van der Waals surface area contributed by atoms with E-state index in [0.29, 0.717) is 20.7 Å². The highest BCUT2D eigenvalue weighted by Crippen LogP contribution is 2.31. The molecule has 1 aromatic heterocycles. The number of hydrogen-bond acceptors (Lipinski definition) is 1. The number of hydrogen-bond donors (Lipinski definition) is 0. The van der Waals surface area contributed by atoms with Crippen LogP contribution in [0.1, 0.15) is 18.7 Å². The third kappa shape index (κ3) is 5.07. The molecule has 0 atom stereocenters. The fraction of sp³-hybridized carbons (Fsp3) is 0.111. The maximum atomic E-state index is 14.5. The zero-order chi connectivity index (χ0) is 17.6. The molecule has 0 unspecified atom stereocenters. The van der Waals surface area contributed by atoms with E-state index in [9.17, 15) is 8.78 Å². The summed E-state index contributed by atoms with van der Waals surface area (Å²) in [5, 5.41) is 0. The second-order valence-corrected chi connectivity index (χ2v) is 5.91. The summed E-state index contributed by atoms with van der Waals surface area (Å²) in [6, 6.07) is 3.31. The first-order valence-electron chi connectivity index (χ1n) is 6.83. The van der Waals surface area contributed by atoms with Crippen LogP contribution >= 0.6 is 11.3 Å². The molecule has 0 saturated heterocycles. The van der Waals surface area contributed by atoms with Gasteiger partial charge in [0.2, 0.25) is 0 Å². The molecule has 23 heavy (non-hydrogen) atoms. The van der Waals surface area contributed by atoms with Crippen LogP contribution < -0.4 is 4.78 Å². The van der Waals surface area contributed by atoms with E-state index in [2.05, 4.69) is 13.2 Å². The lowest BCUT2D eigenvalue weighted by Gasteiger charge is -2.07. The highest BCUT2D eigenvalue weighted by atomic mass is 32.1. The standard InChI is InChI=1S/C18H16B2F2S/c1-5-13(19)8-7-11(3)14(6-2)18(22)17(21)12(4)15-9-10-16(20)23-15/h5-10H,1-2H2,3-4H3/b11-7+,13-8+,17-12-,18-14-. The summed E-state index contributed by atoms with van der Waals surface area (Å²) in [6.07, 6.45) is 5.88. The number of rotatable bonds is 6. The summed E-state index contributed by atoms with van der Waals surface area (Å²) < 4.78 is 29.5. The van der Waals surface area contributed by atoms with Crippen molar-refractivity contribution >= 4 is 37.4 Å². The van der Waals surface area contributed by atoms with E-state index in [-0.39, 0.29) is 11.1 Å². The van der Waals surface area contributed by atoms with Crippen molar-refractivity contribution in [3.05, 3.63) is 82.7 Å². The average Bonchev–Trinajstić information content (AvgIpc) is 2.97. The molecule has 0 aliphatic rings. The summed E-state index contributed by atoms with van der Waals surface area (Å²) >= 11 is 1.20. The van der Waals surface area contributed by atoms with E-state index in [4.69, 9.17) is 15.7 Å². The molecule has 0 N–H and O–H groups in total. The van der Waals surface area contributed by atoms with E-state index < -0.39 is 11.7 Å². The normalized spacial score (nSPS) is 15.0. The Morgan fingerprint density at radius 3 is 2.22 bits per heavy atom. The van der Waals surface area contributed by atoms with Crippen LogP contribution in [-0.2, 0) is 0 Å². The Kier molecular flexibility index (Phi) is 7.24. The predicted molar refractivity (Wildman–Crippen MR) is 99.5 cm³/mol. The van der Waals surface area contributed by atoms with Crippen molar-refractivity contribution in [1.29, 1.82) is 0 Å². The highest BCUT2D eigenvalue weighted by Gasteiger charge is 2.15. The van der Waals surface area contributed by atoms with Crippen molar-refractivity contribution in [3.63, 3.8) is 0 Å². The van der Waals surface area contributed by atoms with Gasteiger partial charge in [-0.05, 0) is 30.3 Å². The van der Waals surface area contributed by atoms with E-state index in [1.165, 1.54) is 30.4 Å². The molecule has 1 aromatic rings. The van der Waals surface area contributed by atoms with E-state index >= 15 is 0 Å². The molecule has 1 rings (SSSR count). The monoisotopic (exact) mass is 324 g/mol. The first-order chi connectivity index (χ1) is 10.8. The molecule has 0 spiro atoms. The Bertz CT molecular complexity index is 734. The van der Waals surface area contributed by atoms with Gasteiger partial charge in [-0.25, -0.2) is 8.78 Å². The molecule has 0 amide bonds. The first-order valence-corrected chi connectivity index (χ1v) is 7.65. The highest BCUT2D eigenvalue weighted by molar-refractivity contribution is 7.20. The van der Waals surface area contributed by atoms with Crippen LogP contribution in [-0.4, -0.2) is 15.7 Å². The third-order valence-corrected chi connectivity index (χ3v) is 4.18. The van der Waals surface area contributed by atoms with Crippen molar-refractivity contribution < 1.29 is 8.78 Å². The molecule has 1 heterocycles. The van der Waals surface area contributed by atoms with Gasteiger partial charge in [-0.2, -0.15) is 11.3 Å². The Morgan fingerprint density at radius 1 is 1.09 bits per heavy atom. The van der Waals surface area contributed by atoms with Crippen molar-refractivity contribution in [2.45, 2.75) is 13.8 Å². The van der Waals surface area contributed by atoms with Crippen LogP contribution in [0.15, 0.2) is 77.9 Å². The average molecular weight is 324 g/mol. The molecule has 0 saturated carbocycles. The van der Waals surface area contributed by atoms with E-state index in [1.54, 1.807) is 31.2 Å². The first kappa shape index (κ1) is 19.2. The number of allylic oxidation sites excluding steroid dienone is 10. The zero-order valence-corrected chi connectivity index (χ0v) is 14.0. The lowest BCUT2D eigenvalue weighted by molar-refractivity contribution is 0.543. The van der Waals surface area contributed by atoms with Crippen LogP contribution in [0.4, 0.5) is 8.78 Å². The van der Waals surface area contributed by atoms with Gasteiger partial charge in [-0.1, -0.05) is 49.0 Å². The second-order valence-electron chi connectivity index (χ2n) is 4.79. The van der Waals surface area contributed by atoms with Gasteiger partial charge in [-0.3, -0.25) is 0 Å². The molecule has 0 aromatic carbocycles. The molecule has 114 valence electrons. The zero-order valence-electron chi connectivity index (χ0n) is 13.2. The van der Waals surface area contributed by atoms with Crippen molar-refractivity contribution in [2.24, 2.45) is 0 Å². The predicted octanol–water partition coefficient (Wildman–Crippen LogP) is 4.84. The lowest BCUT2D eigenvalue weighted by atomic mass is 9.94. The summed E-state index contributed by atoms with van der Waals surface area (Å²) in [6.45, 7) is 10.2. The van der Waals surface area contributed by atoms with E-state index in [0.717, 1.165) is 0 Å². The fourth-order valence-corrected chi connectivity index (χ4v) is 2.52. The summed E-state index contributed by atoms with van der Waals surface area (Å²) in [5.74, 6) is -1.90. The van der Waals surface area contributed by atoms with Crippen LogP contribution in [0.5, 0.6) is 0 Å². The van der Waals surface area contributed by atoms with Crippen LogP contribution in [0.3, 0.4) is 0 Å². The fourth-order valence-electron chi connectivity index (χ4n) is 1.75. The summed E-state index contributed by atoms with van der Waals surface area (Å²) in [7, 11) is 11.2. The minimum Gasteiger partial charge on any atom is -0.203 e. The van der Waals surface area contributed by atoms with Crippen LogP contribution in [0.2, 0.25) is 0 Å². The second kappa shape index (κ2) is 8.68. The van der Waals surface area contributed by atoms with Gasteiger partial charge in [0.25, 0.3) is 0 Å². The Morgan fingerprint density at radius 2 is 1.74 bits per heavy atom. The third-order valence-electron chi connectivity index (χ3n) is 3.15. The molecule has 0 aliphatic heterocycles. The smallest absolute Gasteiger partial charge is 0.166 e. The molecule has 0 nitrogen and oxygen atoms in total. The topological polar surface area (TPSA) is 0 Å². The van der Waals surface area contributed by atoms with E-state index in [1.807, 2.05) is 0 Å². The van der Waals surface area contributed by atoms with Crippen LogP contribution in [0.25, 0.3) is 5.57 Å². The van der Waals surface area contributed by atoms with Gasteiger partial charge in [0.1, 0.15) is 15.7 Å². The quantitative estimate of drug-likeness (QED) is 0.519. The SMILES string of the molecule is [B]/C(C=C)=C/C=C(C)/C(C=C)=C(F)/C(F)=C(\C)c1ccc([B])s1. The number of halogens is 2. The van der Waals surface area contributed by atoms with Gasteiger partial charge >= 0.3 is 0 Å². The van der Waals surface area contributed by atoms with Gasteiger partial charge in [0.05, 0.1) is 0 Å². The van der Waals surface area contributed by atoms with Crippen molar-refractivity contribution in [1.82, 2.24) is 0 Å². The Labute approximate surface area is 143 Å². The Balaban J connectivity index is 3.33. The molecule has 4 radical (unpaired) electrons. The maximum absolute atomic E-state index is 14.5. The molecule has 0 fully saturated rings. The van der Waals surface area contributed by atoms with Crippen LogP contribution in [0, 0.1) is 0 Å². The summed E-state index contributed by atoms with van der Waals surface area (Å²) in [4.78, 5) is 0.580. The molecular formula is C18H16B2F2S. The minimum absolute atomic E-state index is 0.0690. The molecule has 0 aliphatic carbocycles. The summed E-state index contributed by atoms with van der Waals surface area (Å²) in [5.41, 5.74) is 1.18. The maximum Gasteiger partial charge on any atom is 0.166 e. The van der Waals surface area contributed by atoms with Gasteiger partial charge in [0, 0.05) is 16.0 Å². The van der Waals surface area contributed by atoms with Gasteiger partial charge in [-0.15, -0.1) is 0 Å². The van der Waals surface area contributed by atoms with Gasteiger partial charge in [0.15, 0.2) is 11.7 Å². The largest absolute Gasteiger partial charge is 0.203 e. The molecule has 5 heteroatoms. The van der Waals surface area contributed by atoms with Crippen molar-refractivity contribution in [2.75, 3.05) is 0 Å².